The van der Waals surface area contributed by atoms with Gasteiger partial charge in [0, 0.05) is 28.4 Å². The highest BCUT2D eigenvalue weighted by Crippen LogP contribution is 2.28. The van der Waals surface area contributed by atoms with Crippen LogP contribution in [0.15, 0.2) is 30.5 Å². The Morgan fingerprint density at radius 3 is 2.39 bits per heavy atom. The summed E-state index contributed by atoms with van der Waals surface area (Å²) in [5, 5.41) is 2.62. The SMILES string of the molecule is Cc1cnc(C(C)(C)C)cc1C(=O)N[C@H](C)c1cc(OC(F)(F)F)ccc1F. The van der Waals surface area contributed by atoms with Crippen LogP contribution in [-0.2, 0) is 5.41 Å². The number of amides is 1. The van der Waals surface area contributed by atoms with Crippen LogP contribution in [0.3, 0.4) is 0 Å². The molecule has 1 amide bonds. The van der Waals surface area contributed by atoms with Gasteiger partial charge in [-0.05, 0) is 43.7 Å². The minimum absolute atomic E-state index is 0.113. The molecule has 8 heteroatoms. The van der Waals surface area contributed by atoms with Crippen LogP contribution in [0.1, 0.15) is 60.9 Å². The van der Waals surface area contributed by atoms with Crippen LogP contribution >= 0.6 is 0 Å². The summed E-state index contributed by atoms with van der Waals surface area (Å²) in [6.45, 7) is 9.07. The van der Waals surface area contributed by atoms with Gasteiger partial charge in [0.1, 0.15) is 11.6 Å². The van der Waals surface area contributed by atoms with E-state index in [1.165, 1.54) is 6.92 Å². The number of halogens is 4. The van der Waals surface area contributed by atoms with Crippen molar-refractivity contribution < 1.29 is 27.1 Å². The van der Waals surface area contributed by atoms with Crippen LogP contribution in [-0.4, -0.2) is 17.3 Å². The number of hydrogen-bond acceptors (Lipinski definition) is 3. The van der Waals surface area contributed by atoms with E-state index in [4.69, 9.17) is 0 Å². The van der Waals surface area contributed by atoms with E-state index < -0.39 is 29.9 Å². The van der Waals surface area contributed by atoms with Gasteiger partial charge in [-0.15, -0.1) is 13.2 Å². The number of nitrogens with zero attached hydrogens (tertiary/aromatic N) is 1. The van der Waals surface area contributed by atoms with Crippen LogP contribution < -0.4 is 10.1 Å². The van der Waals surface area contributed by atoms with Gasteiger partial charge < -0.3 is 10.1 Å². The number of pyridine rings is 1. The zero-order chi connectivity index (χ0) is 21.3. The fourth-order valence-electron chi connectivity index (χ4n) is 2.58. The average Bonchev–Trinajstić information content (AvgIpc) is 2.54. The van der Waals surface area contributed by atoms with E-state index in [-0.39, 0.29) is 11.0 Å². The number of ether oxygens (including phenoxy) is 1. The molecule has 28 heavy (non-hydrogen) atoms. The molecule has 1 aromatic carbocycles. The Morgan fingerprint density at radius 1 is 1.18 bits per heavy atom. The molecule has 0 aliphatic carbocycles. The number of nitrogens with one attached hydrogen (secondary N) is 1. The number of rotatable bonds is 4. The standard InChI is InChI=1S/C20H22F4N2O2/c1-11-10-25-17(19(3,4)5)9-14(11)18(27)26-12(2)15-8-13(6-7-16(15)21)28-20(22,23)24/h6-10,12H,1-5H3,(H,26,27)/t12-/m1/s1. The van der Waals surface area contributed by atoms with Crippen molar-refractivity contribution in [1.82, 2.24) is 10.3 Å². The zero-order valence-electron chi connectivity index (χ0n) is 16.2. The molecule has 152 valence electrons. The predicted molar refractivity (Wildman–Crippen MR) is 96.6 cm³/mol. The van der Waals surface area contributed by atoms with Gasteiger partial charge in [-0.3, -0.25) is 9.78 Å². The maximum atomic E-state index is 14.1. The smallest absolute Gasteiger partial charge is 0.406 e. The third-order valence-electron chi connectivity index (χ3n) is 4.13. The van der Waals surface area contributed by atoms with Gasteiger partial charge >= 0.3 is 6.36 Å². The Morgan fingerprint density at radius 2 is 1.82 bits per heavy atom. The molecule has 0 bridgehead atoms. The maximum Gasteiger partial charge on any atom is 0.573 e. The first-order valence-corrected chi connectivity index (χ1v) is 8.61. The molecule has 1 atom stereocenters. The van der Waals surface area contributed by atoms with Crippen molar-refractivity contribution in [3.63, 3.8) is 0 Å². The topological polar surface area (TPSA) is 51.2 Å². The minimum atomic E-state index is -4.89. The van der Waals surface area contributed by atoms with E-state index in [1.807, 2.05) is 20.8 Å². The molecule has 0 saturated heterocycles. The van der Waals surface area contributed by atoms with Gasteiger partial charge in [-0.2, -0.15) is 0 Å². The van der Waals surface area contributed by atoms with Crippen LogP contribution in [0.25, 0.3) is 0 Å². The zero-order valence-corrected chi connectivity index (χ0v) is 16.2. The third-order valence-corrected chi connectivity index (χ3v) is 4.13. The summed E-state index contributed by atoms with van der Waals surface area (Å²) < 4.78 is 55.1. The molecule has 0 radical (unpaired) electrons. The Hall–Kier alpha value is -2.64. The van der Waals surface area contributed by atoms with Crippen LogP contribution in [0, 0.1) is 12.7 Å². The molecule has 1 aromatic heterocycles. The van der Waals surface area contributed by atoms with Crippen molar-refractivity contribution in [2.45, 2.75) is 52.4 Å². The van der Waals surface area contributed by atoms with Gasteiger partial charge in [0.15, 0.2) is 0 Å². The first-order chi connectivity index (χ1) is 12.8. The number of hydrogen-bond donors (Lipinski definition) is 1. The van der Waals surface area contributed by atoms with Gasteiger partial charge in [0.2, 0.25) is 0 Å². The highest BCUT2D eigenvalue weighted by Gasteiger charge is 2.31. The summed E-state index contributed by atoms with van der Waals surface area (Å²) in [7, 11) is 0. The molecule has 2 aromatic rings. The average molecular weight is 398 g/mol. The van der Waals surface area contributed by atoms with Crippen LogP contribution in [0.4, 0.5) is 17.6 Å². The largest absolute Gasteiger partial charge is 0.573 e. The van der Waals surface area contributed by atoms with E-state index >= 15 is 0 Å². The maximum absolute atomic E-state index is 14.1. The van der Waals surface area contributed by atoms with Gasteiger partial charge in [-0.1, -0.05) is 20.8 Å². The predicted octanol–water partition coefficient (Wildman–Crippen LogP) is 5.22. The fraction of sp³-hybridized carbons (Fsp3) is 0.400. The molecule has 0 spiro atoms. The number of carbonyl (C=O) groups excluding carboxylic acids is 1. The Labute approximate surface area is 160 Å². The molecule has 1 heterocycles. The molecule has 4 nitrogen and oxygen atoms in total. The fourth-order valence-corrected chi connectivity index (χ4v) is 2.58. The third kappa shape index (κ3) is 5.43. The van der Waals surface area contributed by atoms with Crippen molar-refractivity contribution in [1.29, 1.82) is 0 Å². The van der Waals surface area contributed by atoms with E-state index in [9.17, 15) is 22.4 Å². The Kier molecular flexibility index (Phi) is 6.01. The molecule has 1 N–H and O–H groups in total. The van der Waals surface area contributed by atoms with Crippen molar-refractivity contribution in [2.24, 2.45) is 0 Å². The molecule has 2 rings (SSSR count). The van der Waals surface area contributed by atoms with E-state index in [0.717, 1.165) is 18.2 Å². The minimum Gasteiger partial charge on any atom is -0.406 e. The summed E-state index contributed by atoms with van der Waals surface area (Å²) >= 11 is 0. The summed E-state index contributed by atoms with van der Waals surface area (Å²) in [5.74, 6) is -1.77. The highest BCUT2D eigenvalue weighted by molar-refractivity contribution is 5.95. The molecule has 0 unspecified atom stereocenters. The van der Waals surface area contributed by atoms with Crippen molar-refractivity contribution in [3.8, 4) is 5.75 Å². The second kappa shape index (κ2) is 7.77. The van der Waals surface area contributed by atoms with E-state index in [0.29, 0.717) is 16.8 Å². The molecule has 0 aliphatic heterocycles. The summed E-state index contributed by atoms with van der Waals surface area (Å²) in [6, 6.07) is 3.46. The lowest BCUT2D eigenvalue weighted by atomic mass is 9.90. The summed E-state index contributed by atoms with van der Waals surface area (Å²) in [5.41, 5.74) is 1.33. The Balaban J connectivity index is 2.27. The van der Waals surface area contributed by atoms with Crippen molar-refractivity contribution >= 4 is 5.91 Å². The molecular weight excluding hydrogens is 376 g/mol. The number of aromatic nitrogens is 1. The summed E-state index contributed by atoms with van der Waals surface area (Å²) in [4.78, 5) is 17.0. The normalized spacial score (nSPS) is 13.2. The number of carbonyl (C=O) groups is 1. The number of alkyl halides is 3. The first-order valence-electron chi connectivity index (χ1n) is 8.61. The lowest BCUT2D eigenvalue weighted by Crippen LogP contribution is -2.29. The summed E-state index contributed by atoms with van der Waals surface area (Å²) in [6.07, 6.45) is -3.31. The van der Waals surface area contributed by atoms with Gasteiger partial charge in [0.05, 0.1) is 6.04 Å². The lowest BCUT2D eigenvalue weighted by Gasteiger charge is -2.21. The molecule has 0 saturated carbocycles. The number of benzene rings is 1. The molecular formula is C20H22F4N2O2. The number of aryl methyl sites for hydroxylation is 1. The molecule has 0 fully saturated rings. The van der Waals surface area contributed by atoms with E-state index in [2.05, 4.69) is 15.0 Å². The second-order valence-electron chi connectivity index (χ2n) is 7.56. The van der Waals surface area contributed by atoms with Crippen LogP contribution in [0.2, 0.25) is 0 Å². The first kappa shape index (κ1) is 21.7. The van der Waals surface area contributed by atoms with E-state index in [1.54, 1.807) is 19.2 Å². The monoisotopic (exact) mass is 398 g/mol. The molecule has 0 aliphatic rings. The highest BCUT2D eigenvalue weighted by atomic mass is 19.4. The van der Waals surface area contributed by atoms with Crippen LogP contribution in [0.5, 0.6) is 5.75 Å². The van der Waals surface area contributed by atoms with Gasteiger partial charge in [0.25, 0.3) is 5.91 Å². The Bertz CT molecular complexity index is 873. The van der Waals surface area contributed by atoms with Crippen molar-refractivity contribution in [2.75, 3.05) is 0 Å². The van der Waals surface area contributed by atoms with Gasteiger partial charge in [-0.25, -0.2) is 4.39 Å². The van der Waals surface area contributed by atoms with Crippen molar-refractivity contribution in [3.05, 3.63) is 58.7 Å². The lowest BCUT2D eigenvalue weighted by molar-refractivity contribution is -0.274. The second-order valence-corrected chi connectivity index (χ2v) is 7.56. The quantitative estimate of drug-likeness (QED) is 0.719.